The smallest absolute Gasteiger partial charge is 0.0118 e. The Hall–Kier alpha value is -0.0400. The van der Waals surface area contributed by atoms with Crippen molar-refractivity contribution in [3.8, 4) is 0 Å². The van der Waals surface area contributed by atoms with Gasteiger partial charge in [0.2, 0.25) is 0 Å². The minimum atomic E-state index is 0.727. The Bertz CT molecular complexity index is 127. The molecule has 1 N–H and O–H groups in total. The molecular formula is C14H31N. The van der Waals surface area contributed by atoms with E-state index in [1.165, 1.54) is 38.5 Å². The number of hydrogen-bond donors (Lipinski definition) is 1. The molecule has 0 aromatic heterocycles. The van der Waals surface area contributed by atoms with E-state index in [9.17, 15) is 0 Å². The van der Waals surface area contributed by atoms with Crippen molar-refractivity contribution >= 4 is 0 Å². The van der Waals surface area contributed by atoms with Crippen LogP contribution in [-0.4, -0.2) is 13.1 Å². The highest BCUT2D eigenvalue weighted by Crippen LogP contribution is 2.25. The summed E-state index contributed by atoms with van der Waals surface area (Å²) in [6.07, 6.45) is 8.07. The van der Waals surface area contributed by atoms with Crippen LogP contribution >= 0.6 is 0 Å². The normalized spacial score (nSPS) is 15.6. The Morgan fingerprint density at radius 3 is 1.67 bits per heavy atom. The summed E-state index contributed by atoms with van der Waals surface area (Å²) in [5.74, 6) is 1.70. The molecule has 15 heavy (non-hydrogen) atoms. The van der Waals surface area contributed by atoms with E-state index in [2.05, 4.69) is 40.1 Å². The fraction of sp³-hybridized carbons (Fsp3) is 1.00. The largest absolute Gasteiger partial charge is 0.316 e. The van der Waals surface area contributed by atoms with Crippen LogP contribution in [0.5, 0.6) is 0 Å². The van der Waals surface area contributed by atoms with Crippen LogP contribution < -0.4 is 5.32 Å². The third-order valence-electron chi connectivity index (χ3n) is 3.52. The van der Waals surface area contributed by atoms with Crippen LogP contribution in [0.4, 0.5) is 0 Å². The van der Waals surface area contributed by atoms with Crippen molar-refractivity contribution in [3.63, 3.8) is 0 Å². The summed E-state index contributed by atoms with van der Waals surface area (Å²) in [5, 5.41) is 3.56. The Morgan fingerprint density at radius 2 is 1.33 bits per heavy atom. The van der Waals surface area contributed by atoms with E-state index in [-0.39, 0.29) is 0 Å². The van der Waals surface area contributed by atoms with Gasteiger partial charge in [-0.15, -0.1) is 0 Å². The van der Waals surface area contributed by atoms with Gasteiger partial charge in [-0.05, 0) is 38.1 Å². The molecule has 0 saturated carbocycles. The van der Waals surface area contributed by atoms with Crippen molar-refractivity contribution < 1.29 is 0 Å². The number of rotatable bonds is 9. The zero-order valence-corrected chi connectivity index (χ0v) is 11.5. The van der Waals surface area contributed by atoms with Crippen LogP contribution in [0.2, 0.25) is 0 Å². The predicted molar refractivity (Wildman–Crippen MR) is 70.2 cm³/mol. The number of nitrogens with one attached hydrogen (secondary N) is 1. The molecule has 0 bridgehead atoms. The Balaban J connectivity index is 4.28. The van der Waals surface area contributed by atoms with Gasteiger partial charge < -0.3 is 5.32 Å². The van der Waals surface area contributed by atoms with Crippen molar-refractivity contribution in [1.29, 1.82) is 0 Å². The second-order valence-corrected chi connectivity index (χ2v) is 4.92. The Kier molecular flexibility index (Phi) is 9.18. The summed E-state index contributed by atoms with van der Waals surface area (Å²) in [5.41, 5.74) is 0. The van der Waals surface area contributed by atoms with Crippen LogP contribution in [0.3, 0.4) is 0 Å². The lowest BCUT2D eigenvalue weighted by Crippen LogP contribution is -2.39. The Labute approximate surface area is 97.0 Å². The molecule has 2 atom stereocenters. The molecule has 0 aromatic rings. The van der Waals surface area contributed by atoms with Crippen LogP contribution in [-0.2, 0) is 0 Å². The third kappa shape index (κ3) is 5.55. The lowest BCUT2D eigenvalue weighted by Gasteiger charge is -2.31. The van der Waals surface area contributed by atoms with Gasteiger partial charge in [-0.3, -0.25) is 0 Å². The zero-order chi connectivity index (χ0) is 11.7. The SMILES string of the molecule is CCCC(C)C(NC)C(CCC)CCC. The van der Waals surface area contributed by atoms with Crippen LogP contribution in [0.1, 0.15) is 66.2 Å². The second-order valence-electron chi connectivity index (χ2n) is 4.92. The summed E-state index contributed by atoms with van der Waals surface area (Å²) in [6.45, 7) is 9.31. The first-order chi connectivity index (χ1) is 7.21. The van der Waals surface area contributed by atoms with Gasteiger partial charge in [0, 0.05) is 6.04 Å². The third-order valence-corrected chi connectivity index (χ3v) is 3.52. The highest BCUT2D eigenvalue weighted by molar-refractivity contribution is 4.79. The average molecular weight is 213 g/mol. The lowest BCUT2D eigenvalue weighted by atomic mass is 9.82. The maximum atomic E-state index is 3.56. The van der Waals surface area contributed by atoms with E-state index in [1.807, 2.05) is 0 Å². The topological polar surface area (TPSA) is 12.0 Å². The van der Waals surface area contributed by atoms with E-state index in [4.69, 9.17) is 0 Å². The fourth-order valence-electron chi connectivity index (χ4n) is 2.86. The van der Waals surface area contributed by atoms with E-state index < -0.39 is 0 Å². The first-order valence-electron chi connectivity index (χ1n) is 6.88. The zero-order valence-electron chi connectivity index (χ0n) is 11.5. The minimum absolute atomic E-state index is 0.727. The van der Waals surface area contributed by atoms with Crippen LogP contribution in [0, 0.1) is 11.8 Å². The van der Waals surface area contributed by atoms with E-state index in [1.54, 1.807) is 0 Å². The molecule has 0 radical (unpaired) electrons. The monoisotopic (exact) mass is 213 g/mol. The molecule has 0 rings (SSSR count). The number of hydrogen-bond acceptors (Lipinski definition) is 1. The summed E-state index contributed by atoms with van der Waals surface area (Å²) >= 11 is 0. The van der Waals surface area contributed by atoms with Gasteiger partial charge in [-0.1, -0.05) is 47.0 Å². The molecule has 0 amide bonds. The van der Waals surface area contributed by atoms with E-state index in [0.717, 1.165) is 17.9 Å². The molecule has 0 saturated heterocycles. The molecule has 1 heteroatoms. The molecule has 0 heterocycles. The fourth-order valence-corrected chi connectivity index (χ4v) is 2.86. The summed E-state index contributed by atoms with van der Waals surface area (Å²) in [4.78, 5) is 0. The van der Waals surface area contributed by atoms with Crippen molar-refractivity contribution in [3.05, 3.63) is 0 Å². The average Bonchev–Trinajstić information content (AvgIpc) is 2.20. The molecule has 0 aliphatic heterocycles. The maximum absolute atomic E-state index is 3.56. The maximum Gasteiger partial charge on any atom is 0.0118 e. The van der Waals surface area contributed by atoms with Gasteiger partial charge in [0.15, 0.2) is 0 Å². The van der Waals surface area contributed by atoms with Gasteiger partial charge in [0.05, 0.1) is 0 Å². The van der Waals surface area contributed by atoms with Crippen molar-refractivity contribution in [2.45, 2.75) is 72.3 Å². The van der Waals surface area contributed by atoms with Crippen LogP contribution in [0.25, 0.3) is 0 Å². The highest BCUT2D eigenvalue weighted by Gasteiger charge is 2.23. The molecule has 0 spiro atoms. The van der Waals surface area contributed by atoms with E-state index >= 15 is 0 Å². The van der Waals surface area contributed by atoms with Gasteiger partial charge in [-0.25, -0.2) is 0 Å². The molecule has 92 valence electrons. The van der Waals surface area contributed by atoms with E-state index in [0.29, 0.717) is 0 Å². The molecule has 2 unspecified atom stereocenters. The molecule has 0 aliphatic rings. The molecule has 1 nitrogen and oxygen atoms in total. The first kappa shape index (κ1) is 15.0. The lowest BCUT2D eigenvalue weighted by molar-refractivity contribution is 0.243. The standard InChI is InChI=1S/C14H31N/c1-6-9-12(4)14(15-5)13(10-7-2)11-8-3/h12-15H,6-11H2,1-5H3. The van der Waals surface area contributed by atoms with Crippen molar-refractivity contribution in [1.82, 2.24) is 5.32 Å². The quantitative estimate of drug-likeness (QED) is 0.604. The minimum Gasteiger partial charge on any atom is -0.316 e. The molecular weight excluding hydrogens is 182 g/mol. The molecule has 0 aromatic carbocycles. The summed E-state index contributed by atoms with van der Waals surface area (Å²) in [7, 11) is 2.13. The Morgan fingerprint density at radius 1 is 0.867 bits per heavy atom. The predicted octanol–water partition coefficient (Wildman–Crippen LogP) is 4.23. The summed E-state index contributed by atoms with van der Waals surface area (Å²) < 4.78 is 0. The van der Waals surface area contributed by atoms with Gasteiger partial charge in [0.25, 0.3) is 0 Å². The second kappa shape index (κ2) is 9.21. The summed E-state index contributed by atoms with van der Waals surface area (Å²) in [6, 6.07) is 0.727. The van der Waals surface area contributed by atoms with Crippen molar-refractivity contribution in [2.75, 3.05) is 7.05 Å². The van der Waals surface area contributed by atoms with Gasteiger partial charge in [0.1, 0.15) is 0 Å². The van der Waals surface area contributed by atoms with Crippen molar-refractivity contribution in [2.24, 2.45) is 11.8 Å². The van der Waals surface area contributed by atoms with Crippen LogP contribution in [0.15, 0.2) is 0 Å². The molecule has 0 aliphatic carbocycles. The van der Waals surface area contributed by atoms with Gasteiger partial charge in [-0.2, -0.15) is 0 Å². The first-order valence-corrected chi connectivity index (χ1v) is 6.88. The molecule has 0 fully saturated rings. The highest BCUT2D eigenvalue weighted by atomic mass is 14.9. The van der Waals surface area contributed by atoms with Gasteiger partial charge >= 0.3 is 0 Å².